The van der Waals surface area contributed by atoms with Gasteiger partial charge in [-0.3, -0.25) is 4.90 Å². The number of aliphatic hydroxyl groups excluding tert-OH is 1. The van der Waals surface area contributed by atoms with E-state index in [4.69, 9.17) is 14.3 Å². The van der Waals surface area contributed by atoms with Crippen LogP contribution in [0, 0.1) is 0 Å². The van der Waals surface area contributed by atoms with E-state index in [1.54, 1.807) is 10.9 Å². The van der Waals surface area contributed by atoms with Crippen LogP contribution in [0.25, 0.3) is 11.3 Å². The maximum atomic E-state index is 11.1. The molecule has 1 N–H and O–H groups in total. The Morgan fingerprint density at radius 3 is 2.22 bits per heavy atom. The van der Waals surface area contributed by atoms with Gasteiger partial charge in [0.05, 0.1) is 24.5 Å². The van der Waals surface area contributed by atoms with Crippen LogP contribution in [-0.4, -0.2) is 32.4 Å². The van der Waals surface area contributed by atoms with E-state index in [0.29, 0.717) is 31.9 Å². The van der Waals surface area contributed by atoms with E-state index in [0.717, 1.165) is 33.9 Å². The first kappa shape index (κ1) is 24.6. The zero-order chi connectivity index (χ0) is 25.5. The van der Waals surface area contributed by atoms with Crippen molar-refractivity contribution in [1.82, 2.24) is 14.7 Å². The van der Waals surface area contributed by atoms with E-state index in [2.05, 4.69) is 17.0 Å². The second-order valence-corrected chi connectivity index (χ2v) is 9.13. The zero-order valence-electron chi connectivity index (χ0n) is 20.9. The second-order valence-electron chi connectivity index (χ2n) is 9.13. The summed E-state index contributed by atoms with van der Waals surface area (Å²) in [6, 6.07) is 33.8. The number of benzene rings is 3. The predicted octanol–water partition coefficient (Wildman–Crippen LogP) is 6.08. The highest BCUT2D eigenvalue weighted by Gasteiger charge is 2.24. The van der Waals surface area contributed by atoms with Gasteiger partial charge in [-0.25, -0.2) is 4.68 Å². The van der Waals surface area contributed by atoms with Gasteiger partial charge < -0.3 is 14.3 Å². The van der Waals surface area contributed by atoms with Crippen LogP contribution in [0.4, 0.5) is 0 Å². The van der Waals surface area contributed by atoms with Gasteiger partial charge in [-0.15, -0.1) is 0 Å². The second kappa shape index (κ2) is 11.7. The van der Waals surface area contributed by atoms with Gasteiger partial charge in [0.25, 0.3) is 0 Å². The van der Waals surface area contributed by atoms with Crippen molar-refractivity contribution in [3.8, 4) is 22.9 Å². The molecule has 5 aromatic rings. The van der Waals surface area contributed by atoms with E-state index in [9.17, 15) is 5.11 Å². The summed E-state index contributed by atoms with van der Waals surface area (Å²) in [6.07, 6.45) is 1.70. The van der Waals surface area contributed by atoms with Crippen molar-refractivity contribution in [3.63, 3.8) is 0 Å². The Balaban J connectivity index is 1.47. The normalized spacial score (nSPS) is 12.1. The molecule has 0 radical (unpaired) electrons. The number of hydrogen-bond donors (Lipinski definition) is 1. The third-order valence-corrected chi connectivity index (χ3v) is 6.22. The number of ether oxygens (including phenoxy) is 1. The summed E-state index contributed by atoms with van der Waals surface area (Å²) < 4.78 is 13.8. The number of nitrogens with zero attached hydrogens (tertiary/aromatic N) is 3. The smallest absolute Gasteiger partial charge is 0.222 e. The lowest BCUT2D eigenvalue weighted by Gasteiger charge is -2.25. The van der Waals surface area contributed by atoms with Crippen LogP contribution in [0.15, 0.2) is 114 Å². The average molecular weight is 494 g/mol. The molecule has 0 bridgehead atoms. The number of aliphatic hydroxyl groups is 1. The topological polar surface area (TPSA) is 63.7 Å². The van der Waals surface area contributed by atoms with Crippen molar-refractivity contribution < 1.29 is 14.3 Å². The first-order valence-electron chi connectivity index (χ1n) is 12.5. The van der Waals surface area contributed by atoms with E-state index in [-0.39, 0.29) is 0 Å². The fourth-order valence-corrected chi connectivity index (χ4v) is 4.53. The molecule has 5 rings (SSSR count). The molecular formula is C31H31N3O3. The average Bonchev–Trinajstić information content (AvgIpc) is 3.54. The summed E-state index contributed by atoms with van der Waals surface area (Å²) in [5.74, 6) is 2.25. The number of furan rings is 1. The number of para-hydroxylation sites is 1. The fraction of sp³-hybridized carbons (Fsp3) is 0.194. The first-order valence-corrected chi connectivity index (χ1v) is 12.5. The molecule has 0 amide bonds. The summed E-state index contributed by atoms with van der Waals surface area (Å²) in [5.41, 5.74) is 3.93. The van der Waals surface area contributed by atoms with E-state index < -0.39 is 6.10 Å². The molecule has 6 nitrogen and oxygen atoms in total. The standard InChI is InChI=1S/C31H31N3O3/c1-33-31(37-27-16-9-4-10-17-27)29(30(32-33)25-14-7-3-8-15-25)23-34(22-28-18-11-19-36-28)21-26(35)20-24-12-5-2-6-13-24/h2-19,26,35H,20-23H2,1H3. The maximum absolute atomic E-state index is 11.1. The van der Waals surface area contributed by atoms with Crippen molar-refractivity contribution in [2.75, 3.05) is 6.54 Å². The SMILES string of the molecule is Cn1nc(-c2ccccc2)c(CN(Cc2ccco2)CC(O)Cc2ccccc2)c1Oc1ccccc1. The Labute approximate surface area is 217 Å². The highest BCUT2D eigenvalue weighted by molar-refractivity contribution is 5.65. The highest BCUT2D eigenvalue weighted by Crippen LogP contribution is 2.34. The molecule has 0 fully saturated rings. The third kappa shape index (κ3) is 6.36. The minimum Gasteiger partial charge on any atom is -0.468 e. The Hall–Kier alpha value is -4.13. The lowest BCUT2D eigenvalue weighted by molar-refractivity contribution is 0.0999. The summed E-state index contributed by atoms with van der Waals surface area (Å²) in [4.78, 5) is 2.19. The van der Waals surface area contributed by atoms with Gasteiger partial charge in [-0.2, -0.15) is 5.10 Å². The molecule has 0 saturated carbocycles. The molecule has 1 atom stereocenters. The maximum Gasteiger partial charge on any atom is 0.222 e. The molecule has 0 saturated heterocycles. The number of hydrogen-bond acceptors (Lipinski definition) is 5. The quantitative estimate of drug-likeness (QED) is 0.242. The van der Waals surface area contributed by atoms with Crippen LogP contribution >= 0.6 is 0 Å². The summed E-state index contributed by atoms with van der Waals surface area (Å²) in [7, 11) is 1.90. The molecule has 37 heavy (non-hydrogen) atoms. The van der Waals surface area contributed by atoms with Crippen LogP contribution < -0.4 is 4.74 Å². The molecule has 0 aliphatic heterocycles. The molecule has 0 spiro atoms. The van der Waals surface area contributed by atoms with Crippen molar-refractivity contribution in [2.45, 2.75) is 25.6 Å². The summed E-state index contributed by atoms with van der Waals surface area (Å²) >= 11 is 0. The van der Waals surface area contributed by atoms with Gasteiger partial charge >= 0.3 is 0 Å². The van der Waals surface area contributed by atoms with Crippen molar-refractivity contribution in [2.24, 2.45) is 7.05 Å². The van der Waals surface area contributed by atoms with Crippen LogP contribution in [-0.2, 0) is 26.6 Å². The largest absolute Gasteiger partial charge is 0.468 e. The Morgan fingerprint density at radius 1 is 0.865 bits per heavy atom. The van der Waals surface area contributed by atoms with Gasteiger partial charge in [0, 0.05) is 25.7 Å². The Bertz CT molecular complexity index is 1370. The molecule has 0 aliphatic rings. The van der Waals surface area contributed by atoms with Gasteiger partial charge in [0.1, 0.15) is 17.2 Å². The highest BCUT2D eigenvalue weighted by atomic mass is 16.5. The molecule has 2 heterocycles. The van der Waals surface area contributed by atoms with Crippen molar-refractivity contribution in [1.29, 1.82) is 0 Å². The third-order valence-electron chi connectivity index (χ3n) is 6.22. The van der Waals surface area contributed by atoms with Gasteiger partial charge in [0.15, 0.2) is 0 Å². The molecule has 2 aromatic heterocycles. The Morgan fingerprint density at radius 2 is 1.54 bits per heavy atom. The van der Waals surface area contributed by atoms with Crippen LogP contribution in [0.1, 0.15) is 16.9 Å². The van der Waals surface area contributed by atoms with Gasteiger partial charge in [-0.05, 0) is 36.2 Å². The van der Waals surface area contributed by atoms with Crippen molar-refractivity contribution in [3.05, 3.63) is 126 Å². The lowest BCUT2D eigenvalue weighted by Crippen LogP contribution is -2.33. The van der Waals surface area contributed by atoms with Gasteiger partial charge in [0.2, 0.25) is 5.88 Å². The summed E-state index contributed by atoms with van der Waals surface area (Å²) in [5, 5.41) is 15.9. The summed E-state index contributed by atoms with van der Waals surface area (Å²) in [6.45, 7) is 1.53. The molecule has 1 unspecified atom stereocenters. The van der Waals surface area contributed by atoms with E-state index in [1.807, 2.05) is 98.0 Å². The van der Waals surface area contributed by atoms with E-state index in [1.165, 1.54) is 0 Å². The van der Waals surface area contributed by atoms with Crippen LogP contribution in [0.2, 0.25) is 0 Å². The van der Waals surface area contributed by atoms with Crippen LogP contribution in [0.3, 0.4) is 0 Å². The van der Waals surface area contributed by atoms with Crippen LogP contribution in [0.5, 0.6) is 11.6 Å². The first-order chi connectivity index (χ1) is 18.2. The number of rotatable bonds is 11. The fourth-order valence-electron chi connectivity index (χ4n) is 4.53. The molecule has 188 valence electrons. The van der Waals surface area contributed by atoms with Gasteiger partial charge in [-0.1, -0.05) is 78.9 Å². The number of aryl methyl sites for hydroxylation is 1. The lowest BCUT2D eigenvalue weighted by atomic mass is 10.1. The zero-order valence-corrected chi connectivity index (χ0v) is 20.9. The predicted molar refractivity (Wildman–Crippen MR) is 144 cm³/mol. The molecule has 6 heteroatoms. The van der Waals surface area contributed by atoms with Crippen molar-refractivity contribution >= 4 is 0 Å². The van der Waals surface area contributed by atoms with E-state index >= 15 is 0 Å². The molecule has 0 aliphatic carbocycles. The monoisotopic (exact) mass is 493 g/mol. The molecule has 3 aromatic carbocycles. The number of aromatic nitrogens is 2. The minimum atomic E-state index is -0.548. The molecular weight excluding hydrogens is 462 g/mol. The minimum absolute atomic E-state index is 0.462. The Kier molecular flexibility index (Phi) is 7.79.